The molecule has 0 fully saturated rings. The molecule has 0 atom stereocenters. The fraction of sp³-hybridized carbons (Fsp3) is 0.0556. The third-order valence-electron chi connectivity index (χ3n) is 3.31. The first-order valence-electron chi connectivity index (χ1n) is 7.70. The van der Waals surface area contributed by atoms with Crippen LogP contribution in [-0.4, -0.2) is 22.1 Å². The summed E-state index contributed by atoms with van der Waals surface area (Å²) in [5.41, 5.74) is 1.59. The van der Waals surface area contributed by atoms with Gasteiger partial charge in [0.2, 0.25) is 5.96 Å². The number of anilines is 2. The van der Waals surface area contributed by atoms with Gasteiger partial charge in [0.05, 0.1) is 0 Å². The Morgan fingerprint density at radius 1 is 1.15 bits per heavy atom. The van der Waals surface area contributed by atoms with E-state index in [1.807, 2.05) is 6.92 Å². The molecule has 3 N–H and O–H groups in total. The predicted molar refractivity (Wildman–Crippen MR) is 100 cm³/mol. The first-order chi connectivity index (χ1) is 12.5. The van der Waals surface area contributed by atoms with Crippen molar-refractivity contribution in [1.82, 2.24) is 10.2 Å². The molecule has 0 unspecified atom stereocenters. The average molecular weight is 372 g/mol. The van der Waals surface area contributed by atoms with Crippen LogP contribution in [0.25, 0.3) is 0 Å². The lowest BCUT2D eigenvalue weighted by Gasteiger charge is -2.11. The quantitative estimate of drug-likeness (QED) is 0.475. The van der Waals surface area contributed by atoms with Gasteiger partial charge in [-0.3, -0.25) is 9.89 Å². The smallest absolute Gasteiger partial charge is 0.280 e. The lowest BCUT2D eigenvalue weighted by Crippen LogP contribution is -2.24. The molecule has 0 radical (unpaired) electrons. The van der Waals surface area contributed by atoms with Crippen LogP contribution >= 0.6 is 11.6 Å². The van der Waals surface area contributed by atoms with Crippen molar-refractivity contribution in [2.45, 2.75) is 6.92 Å². The number of H-pyrrole nitrogens is 1. The number of nitrogens with one attached hydrogen (secondary N) is 3. The van der Waals surface area contributed by atoms with Crippen LogP contribution in [0.2, 0.25) is 5.02 Å². The number of benzene rings is 2. The van der Waals surface area contributed by atoms with Crippen molar-refractivity contribution in [1.29, 1.82) is 0 Å². The first-order valence-corrected chi connectivity index (χ1v) is 8.07. The van der Waals surface area contributed by atoms with Crippen LogP contribution in [0.5, 0.6) is 0 Å². The summed E-state index contributed by atoms with van der Waals surface area (Å²) in [6, 6.07) is 14.3. The average Bonchev–Trinajstić information content (AvgIpc) is 2.99. The van der Waals surface area contributed by atoms with E-state index in [4.69, 9.17) is 11.6 Å². The minimum atomic E-state index is -0.510. The van der Waals surface area contributed by atoms with Gasteiger partial charge in [0.25, 0.3) is 5.91 Å². The van der Waals surface area contributed by atoms with Gasteiger partial charge in [-0.05, 0) is 37.3 Å². The van der Waals surface area contributed by atoms with E-state index >= 15 is 0 Å². The van der Waals surface area contributed by atoms with Crippen molar-refractivity contribution in [2.75, 3.05) is 10.6 Å². The van der Waals surface area contributed by atoms with E-state index in [2.05, 4.69) is 25.8 Å². The molecule has 2 aromatic carbocycles. The molecule has 0 aliphatic carbocycles. The van der Waals surface area contributed by atoms with Crippen molar-refractivity contribution in [3.05, 3.63) is 76.7 Å². The summed E-state index contributed by atoms with van der Waals surface area (Å²) in [6.07, 6.45) is 0. The van der Waals surface area contributed by atoms with Crippen LogP contribution in [0.15, 0.2) is 59.6 Å². The zero-order valence-corrected chi connectivity index (χ0v) is 14.5. The lowest BCUT2D eigenvalue weighted by atomic mass is 10.2. The Kier molecular flexibility index (Phi) is 5.28. The molecule has 6 nitrogen and oxygen atoms in total. The third kappa shape index (κ3) is 4.67. The largest absolute Gasteiger partial charge is 0.325 e. The van der Waals surface area contributed by atoms with E-state index in [0.29, 0.717) is 17.1 Å². The maximum atomic E-state index is 13.6. The number of guanidine groups is 1. The molecule has 3 rings (SSSR count). The highest BCUT2D eigenvalue weighted by Gasteiger charge is 2.10. The lowest BCUT2D eigenvalue weighted by molar-refractivity contribution is 0.100. The second kappa shape index (κ2) is 7.79. The molecular formula is C18H15ClFN5O. The highest BCUT2D eigenvalue weighted by molar-refractivity contribution is 6.31. The van der Waals surface area contributed by atoms with Crippen molar-refractivity contribution < 1.29 is 9.18 Å². The minimum absolute atomic E-state index is 0.0898. The second-order valence-corrected chi connectivity index (χ2v) is 5.91. The number of carbonyl (C=O) groups is 1. The van der Waals surface area contributed by atoms with Crippen molar-refractivity contribution in [3.63, 3.8) is 0 Å². The summed E-state index contributed by atoms with van der Waals surface area (Å²) >= 11 is 5.87. The van der Waals surface area contributed by atoms with Gasteiger partial charge in [-0.1, -0.05) is 29.8 Å². The van der Waals surface area contributed by atoms with Gasteiger partial charge in [0.1, 0.15) is 5.82 Å². The number of aromatic amines is 1. The molecule has 0 saturated carbocycles. The number of nitrogens with zero attached hydrogens (tertiary/aromatic N) is 2. The third-order valence-corrected chi connectivity index (χ3v) is 3.53. The molecule has 0 saturated heterocycles. The highest BCUT2D eigenvalue weighted by Crippen LogP contribution is 2.18. The number of carbonyl (C=O) groups excluding carboxylic acids is 1. The number of amides is 1. The van der Waals surface area contributed by atoms with Crippen molar-refractivity contribution >= 4 is 35.0 Å². The summed E-state index contributed by atoms with van der Waals surface area (Å²) in [5, 5.41) is 12.8. The number of aryl methyl sites for hydroxylation is 1. The van der Waals surface area contributed by atoms with Crippen molar-refractivity contribution in [3.8, 4) is 0 Å². The van der Waals surface area contributed by atoms with E-state index in [0.717, 1.165) is 5.69 Å². The van der Waals surface area contributed by atoms with Gasteiger partial charge < -0.3 is 10.6 Å². The van der Waals surface area contributed by atoms with Crippen LogP contribution in [0.4, 0.5) is 15.9 Å². The summed E-state index contributed by atoms with van der Waals surface area (Å²) in [5.74, 6) is -0.427. The van der Waals surface area contributed by atoms with E-state index in [1.165, 1.54) is 18.2 Å². The number of aromatic nitrogens is 2. The van der Waals surface area contributed by atoms with Crippen LogP contribution in [0.3, 0.4) is 0 Å². The Hall–Kier alpha value is -3.19. The Morgan fingerprint density at radius 3 is 2.58 bits per heavy atom. The number of halogens is 2. The first kappa shape index (κ1) is 17.6. The summed E-state index contributed by atoms with van der Waals surface area (Å²) in [7, 11) is 0. The Labute approximate surface area is 154 Å². The zero-order valence-electron chi connectivity index (χ0n) is 13.8. The molecule has 0 spiro atoms. The van der Waals surface area contributed by atoms with Crippen LogP contribution in [0, 0.1) is 12.7 Å². The molecular weight excluding hydrogens is 357 g/mol. The van der Waals surface area contributed by atoms with Gasteiger partial charge in [0.15, 0.2) is 5.82 Å². The fourth-order valence-electron chi connectivity index (χ4n) is 2.20. The SMILES string of the molecule is Cc1cc(N/C(=N\C(=O)c2ccccc2)Nc2cc(F)cc(Cl)c2)n[nH]1. The molecule has 0 aliphatic rings. The van der Waals surface area contributed by atoms with Gasteiger partial charge in [-0.2, -0.15) is 10.1 Å². The van der Waals surface area contributed by atoms with Crippen LogP contribution in [0.1, 0.15) is 16.1 Å². The Bertz CT molecular complexity index is 935. The number of aliphatic imine (C=N–C) groups is 1. The Balaban J connectivity index is 1.90. The number of rotatable bonds is 3. The molecule has 0 bridgehead atoms. The molecule has 1 aromatic heterocycles. The number of hydrogen-bond acceptors (Lipinski definition) is 2. The maximum absolute atomic E-state index is 13.6. The molecule has 26 heavy (non-hydrogen) atoms. The predicted octanol–water partition coefficient (Wildman–Crippen LogP) is 4.23. The Morgan fingerprint density at radius 2 is 1.92 bits per heavy atom. The molecule has 3 aromatic rings. The van der Waals surface area contributed by atoms with Gasteiger partial charge in [-0.25, -0.2) is 4.39 Å². The molecule has 1 amide bonds. The van der Waals surface area contributed by atoms with Gasteiger partial charge >= 0.3 is 0 Å². The maximum Gasteiger partial charge on any atom is 0.280 e. The van der Waals surface area contributed by atoms with Crippen LogP contribution < -0.4 is 10.6 Å². The van der Waals surface area contributed by atoms with E-state index < -0.39 is 11.7 Å². The van der Waals surface area contributed by atoms with Crippen LogP contribution in [-0.2, 0) is 0 Å². The standard InChI is InChI=1S/C18H15ClFN5O/c1-11-7-16(25-24-11)22-18(21-15-9-13(19)8-14(20)10-15)23-17(26)12-5-3-2-4-6-12/h2-10H,1H3,(H3,21,22,23,24,25,26). The van der Waals surface area contributed by atoms with E-state index in [-0.39, 0.29) is 11.0 Å². The van der Waals surface area contributed by atoms with E-state index in [1.54, 1.807) is 36.4 Å². The topological polar surface area (TPSA) is 82.2 Å². The van der Waals surface area contributed by atoms with Crippen molar-refractivity contribution in [2.24, 2.45) is 4.99 Å². The minimum Gasteiger partial charge on any atom is -0.325 e. The number of hydrogen-bond donors (Lipinski definition) is 3. The molecule has 0 aliphatic heterocycles. The second-order valence-electron chi connectivity index (χ2n) is 5.48. The fourth-order valence-corrected chi connectivity index (χ4v) is 2.42. The van der Waals surface area contributed by atoms with Gasteiger partial charge in [0, 0.05) is 28.0 Å². The van der Waals surface area contributed by atoms with Gasteiger partial charge in [-0.15, -0.1) is 0 Å². The monoisotopic (exact) mass is 371 g/mol. The normalized spacial score (nSPS) is 11.3. The zero-order chi connectivity index (χ0) is 18.5. The molecule has 132 valence electrons. The summed E-state index contributed by atoms with van der Waals surface area (Å²) in [4.78, 5) is 16.4. The van der Waals surface area contributed by atoms with E-state index in [9.17, 15) is 9.18 Å². The summed E-state index contributed by atoms with van der Waals surface area (Å²) < 4.78 is 13.6. The summed E-state index contributed by atoms with van der Waals surface area (Å²) in [6.45, 7) is 1.84. The molecule has 1 heterocycles. The molecule has 8 heteroatoms. The highest BCUT2D eigenvalue weighted by atomic mass is 35.5.